The summed E-state index contributed by atoms with van der Waals surface area (Å²) in [6.45, 7) is 0. The molecule has 0 aliphatic heterocycles. The SMILES string of the molecule is NNC(Cc1cccnc1)c1cc(Br)ccc1I. The Balaban J connectivity index is 2.26. The number of nitrogens with two attached hydrogens (primary N) is 1. The maximum Gasteiger partial charge on any atom is 0.0511 e. The molecule has 1 aromatic carbocycles. The molecule has 0 aliphatic rings. The maximum atomic E-state index is 5.68. The molecule has 2 aromatic rings. The molecule has 1 heterocycles. The fraction of sp³-hybridized carbons (Fsp3) is 0.154. The van der Waals surface area contributed by atoms with Gasteiger partial charge in [0, 0.05) is 20.4 Å². The third-order valence-electron chi connectivity index (χ3n) is 2.70. The molecule has 3 N–H and O–H groups in total. The highest BCUT2D eigenvalue weighted by Gasteiger charge is 2.14. The molecule has 0 bridgehead atoms. The Labute approximate surface area is 128 Å². The average Bonchev–Trinajstić information content (AvgIpc) is 2.40. The van der Waals surface area contributed by atoms with Crippen LogP contribution in [0.1, 0.15) is 17.2 Å². The van der Waals surface area contributed by atoms with Crippen LogP contribution >= 0.6 is 38.5 Å². The van der Waals surface area contributed by atoms with Gasteiger partial charge in [0.15, 0.2) is 0 Å². The van der Waals surface area contributed by atoms with Crippen molar-refractivity contribution < 1.29 is 0 Å². The fourth-order valence-corrected chi connectivity index (χ4v) is 2.89. The number of hydrazine groups is 1. The van der Waals surface area contributed by atoms with Gasteiger partial charge < -0.3 is 0 Å². The molecule has 0 aliphatic carbocycles. The summed E-state index contributed by atoms with van der Waals surface area (Å²) in [5, 5.41) is 0. The van der Waals surface area contributed by atoms with Crippen LogP contribution in [0, 0.1) is 3.57 Å². The van der Waals surface area contributed by atoms with E-state index >= 15 is 0 Å². The van der Waals surface area contributed by atoms with E-state index in [1.807, 2.05) is 18.3 Å². The Bertz CT molecular complexity index is 519. The molecule has 0 saturated carbocycles. The van der Waals surface area contributed by atoms with Crippen molar-refractivity contribution in [3.63, 3.8) is 0 Å². The Kier molecular flexibility index (Phi) is 5.11. The van der Waals surface area contributed by atoms with Gasteiger partial charge in [-0.05, 0) is 64.4 Å². The average molecular weight is 418 g/mol. The quantitative estimate of drug-likeness (QED) is 0.456. The minimum atomic E-state index is 0.0820. The van der Waals surface area contributed by atoms with Gasteiger partial charge in [-0.1, -0.05) is 22.0 Å². The molecule has 0 spiro atoms. The topological polar surface area (TPSA) is 50.9 Å². The maximum absolute atomic E-state index is 5.68. The number of hydrogen-bond donors (Lipinski definition) is 2. The third kappa shape index (κ3) is 3.50. The summed E-state index contributed by atoms with van der Waals surface area (Å²) >= 11 is 5.82. The smallest absolute Gasteiger partial charge is 0.0511 e. The summed E-state index contributed by atoms with van der Waals surface area (Å²) in [5.41, 5.74) is 5.24. The minimum absolute atomic E-state index is 0.0820. The Morgan fingerprint density at radius 1 is 1.39 bits per heavy atom. The summed E-state index contributed by atoms with van der Waals surface area (Å²) in [6.07, 6.45) is 4.46. The number of benzene rings is 1. The van der Waals surface area contributed by atoms with Crippen molar-refractivity contribution in [1.29, 1.82) is 0 Å². The molecule has 3 nitrogen and oxygen atoms in total. The zero-order chi connectivity index (χ0) is 13.0. The van der Waals surface area contributed by atoms with E-state index in [4.69, 9.17) is 5.84 Å². The van der Waals surface area contributed by atoms with Crippen LogP contribution in [-0.2, 0) is 6.42 Å². The summed E-state index contributed by atoms with van der Waals surface area (Å²) < 4.78 is 2.26. The first kappa shape index (κ1) is 13.9. The number of aromatic nitrogens is 1. The largest absolute Gasteiger partial charge is 0.271 e. The monoisotopic (exact) mass is 417 g/mol. The lowest BCUT2D eigenvalue weighted by Gasteiger charge is -2.18. The lowest BCUT2D eigenvalue weighted by molar-refractivity contribution is 0.549. The van der Waals surface area contributed by atoms with Crippen molar-refractivity contribution in [3.8, 4) is 0 Å². The highest BCUT2D eigenvalue weighted by Crippen LogP contribution is 2.26. The number of halogens is 2. The predicted molar refractivity (Wildman–Crippen MR) is 84.9 cm³/mol. The van der Waals surface area contributed by atoms with Gasteiger partial charge in [0.05, 0.1) is 6.04 Å². The third-order valence-corrected chi connectivity index (χ3v) is 4.17. The first-order valence-corrected chi connectivity index (χ1v) is 7.38. The van der Waals surface area contributed by atoms with Crippen LogP contribution in [-0.4, -0.2) is 4.98 Å². The van der Waals surface area contributed by atoms with Gasteiger partial charge >= 0.3 is 0 Å². The zero-order valence-electron chi connectivity index (χ0n) is 9.61. The van der Waals surface area contributed by atoms with Crippen LogP contribution in [0.3, 0.4) is 0 Å². The van der Waals surface area contributed by atoms with Gasteiger partial charge in [0.1, 0.15) is 0 Å². The zero-order valence-corrected chi connectivity index (χ0v) is 13.3. The summed E-state index contributed by atoms with van der Waals surface area (Å²) in [7, 11) is 0. The fourth-order valence-electron chi connectivity index (χ4n) is 1.79. The summed E-state index contributed by atoms with van der Waals surface area (Å²) in [4.78, 5) is 4.13. The molecule has 2 rings (SSSR count). The van der Waals surface area contributed by atoms with E-state index in [9.17, 15) is 0 Å². The molecule has 94 valence electrons. The van der Waals surface area contributed by atoms with Gasteiger partial charge in [0.25, 0.3) is 0 Å². The highest BCUT2D eigenvalue weighted by molar-refractivity contribution is 14.1. The first-order chi connectivity index (χ1) is 8.70. The van der Waals surface area contributed by atoms with Crippen molar-refractivity contribution in [2.24, 2.45) is 5.84 Å². The molecular weight excluding hydrogens is 405 g/mol. The second-order valence-corrected chi connectivity index (χ2v) is 6.03. The lowest BCUT2D eigenvalue weighted by atomic mass is 10.0. The van der Waals surface area contributed by atoms with E-state index in [-0.39, 0.29) is 6.04 Å². The number of rotatable bonds is 4. The summed E-state index contributed by atoms with van der Waals surface area (Å²) in [6, 6.07) is 10.3. The number of pyridine rings is 1. The van der Waals surface area contributed by atoms with Crippen LogP contribution in [0.25, 0.3) is 0 Å². The van der Waals surface area contributed by atoms with Crippen LogP contribution in [0.5, 0.6) is 0 Å². The second kappa shape index (κ2) is 6.60. The van der Waals surface area contributed by atoms with Crippen LogP contribution < -0.4 is 11.3 Å². The van der Waals surface area contributed by atoms with Crippen molar-refractivity contribution in [1.82, 2.24) is 10.4 Å². The molecule has 0 radical (unpaired) electrons. The molecule has 1 atom stereocenters. The number of nitrogens with zero attached hydrogens (tertiary/aromatic N) is 1. The van der Waals surface area contributed by atoms with Crippen molar-refractivity contribution in [2.45, 2.75) is 12.5 Å². The highest BCUT2D eigenvalue weighted by atomic mass is 127. The van der Waals surface area contributed by atoms with Gasteiger partial charge in [0.2, 0.25) is 0 Å². The van der Waals surface area contributed by atoms with E-state index < -0.39 is 0 Å². The molecule has 1 aromatic heterocycles. The summed E-state index contributed by atoms with van der Waals surface area (Å²) in [5.74, 6) is 5.68. The van der Waals surface area contributed by atoms with E-state index in [2.05, 4.69) is 67.1 Å². The van der Waals surface area contributed by atoms with Crippen LogP contribution in [0.2, 0.25) is 0 Å². The molecular formula is C13H13BrIN3. The van der Waals surface area contributed by atoms with Crippen molar-refractivity contribution >= 4 is 38.5 Å². The predicted octanol–water partition coefficient (Wildman–Crippen LogP) is 3.20. The molecule has 5 heteroatoms. The normalized spacial score (nSPS) is 12.4. The van der Waals surface area contributed by atoms with Gasteiger partial charge in [-0.3, -0.25) is 16.3 Å². The van der Waals surface area contributed by atoms with Crippen LogP contribution in [0.4, 0.5) is 0 Å². The first-order valence-electron chi connectivity index (χ1n) is 5.50. The van der Waals surface area contributed by atoms with Gasteiger partial charge in [-0.25, -0.2) is 0 Å². The second-order valence-electron chi connectivity index (χ2n) is 3.95. The van der Waals surface area contributed by atoms with Crippen molar-refractivity contribution in [3.05, 3.63) is 61.9 Å². The standard InChI is InChI=1S/C13H13BrIN3/c14-10-3-4-12(15)11(7-10)13(18-16)6-9-2-1-5-17-8-9/h1-5,7-8,13,18H,6,16H2. The van der Waals surface area contributed by atoms with E-state index in [0.717, 1.165) is 16.5 Å². The Morgan fingerprint density at radius 3 is 2.89 bits per heavy atom. The molecule has 1 unspecified atom stereocenters. The van der Waals surface area contributed by atoms with Crippen molar-refractivity contribution in [2.75, 3.05) is 0 Å². The molecule has 18 heavy (non-hydrogen) atoms. The number of hydrogen-bond acceptors (Lipinski definition) is 3. The molecule has 0 saturated heterocycles. The minimum Gasteiger partial charge on any atom is -0.271 e. The number of nitrogens with one attached hydrogen (secondary N) is 1. The van der Waals surface area contributed by atoms with Gasteiger partial charge in [-0.2, -0.15) is 0 Å². The van der Waals surface area contributed by atoms with E-state index in [1.165, 1.54) is 9.13 Å². The van der Waals surface area contributed by atoms with Gasteiger partial charge in [-0.15, -0.1) is 0 Å². The van der Waals surface area contributed by atoms with Crippen LogP contribution in [0.15, 0.2) is 47.2 Å². The Hall–Kier alpha value is -0.500. The van der Waals surface area contributed by atoms with E-state index in [1.54, 1.807) is 6.20 Å². The molecule has 0 amide bonds. The van der Waals surface area contributed by atoms with E-state index in [0.29, 0.717) is 0 Å². The molecule has 0 fully saturated rings. The Morgan fingerprint density at radius 2 is 2.22 bits per heavy atom. The lowest BCUT2D eigenvalue weighted by Crippen LogP contribution is -2.30.